The Morgan fingerprint density at radius 2 is 2.06 bits per heavy atom. The average Bonchev–Trinajstić information content (AvgIpc) is 2.14. The molecule has 0 heterocycles. The molecule has 0 aliphatic rings. The molecule has 2 N–H and O–H groups in total. The van der Waals surface area contributed by atoms with Gasteiger partial charge in [0.1, 0.15) is 0 Å². The number of carbonyl (C=O) groups is 1. The Labute approximate surface area is 111 Å². The Hall–Kier alpha value is -0.870. The zero-order chi connectivity index (χ0) is 12.8. The molecule has 0 aliphatic carbocycles. The monoisotopic (exact) mass is 298 g/mol. The summed E-state index contributed by atoms with van der Waals surface area (Å²) in [6.45, 7) is 6.84. The summed E-state index contributed by atoms with van der Waals surface area (Å²) in [5.74, 6) is 0.0376. The average molecular weight is 299 g/mol. The quantitative estimate of drug-likeness (QED) is 0.877. The largest absolute Gasteiger partial charge is 0.326 e. The van der Waals surface area contributed by atoms with Crippen LogP contribution in [0.3, 0.4) is 0 Å². The summed E-state index contributed by atoms with van der Waals surface area (Å²) in [5, 5.41) is 6.10. The number of halogens is 1. The van der Waals surface area contributed by atoms with E-state index in [1.54, 1.807) is 0 Å². The lowest BCUT2D eigenvalue weighted by Gasteiger charge is -2.09. The van der Waals surface area contributed by atoms with Gasteiger partial charge in [-0.15, -0.1) is 0 Å². The molecule has 1 aromatic rings. The lowest BCUT2D eigenvalue weighted by molar-refractivity contribution is -0.116. The second-order valence-electron chi connectivity index (χ2n) is 4.42. The number of benzene rings is 1. The van der Waals surface area contributed by atoms with Crippen LogP contribution in [0.1, 0.15) is 25.8 Å². The van der Waals surface area contributed by atoms with E-state index in [2.05, 4.69) is 40.4 Å². The fraction of sp³-hybridized carbons (Fsp3) is 0.462. The molecule has 0 unspecified atom stereocenters. The Morgan fingerprint density at radius 1 is 1.35 bits per heavy atom. The molecule has 0 atom stereocenters. The second-order valence-corrected chi connectivity index (χ2v) is 5.34. The van der Waals surface area contributed by atoms with Crippen LogP contribution < -0.4 is 10.6 Å². The standard InChI is InChI=1S/C13H19BrN2O/c1-9(2)15-5-4-13(17)16-12-7-10(3)6-11(14)8-12/h6-9,15H,4-5H2,1-3H3,(H,16,17). The van der Waals surface area contributed by atoms with Gasteiger partial charge >= 0.3 is 0 Å². The van der Waals surface area contributed by atoms with E-state index in [9.17, 15) is 4.79 Å². The first kappa shape index (κ1) is 14.2. The van der Waals surface area contributed by atoms with Crippen LogP contribution in [-0.4, -0.2) is 18.5 Å². The molecular weight excluding hydrogens is 280 g/mol. The van der Waals surface area contributed by atoms with E-state index in [1.807, 2.05) is 25.1 Å². The maximum Gasteiger partial charge on any atom is 0.225 e. The number of hydrogen-bond donors (Lipinski definition) is 2. The summed E-state index contributed by atoms with van der Waals surface area (Å²) in [7, 11) is 0. The van der Waals surface area contributed by atoms with Crippen molar-refractivity contribution in [3.05, 3.63) is 28.2 Å². The molecule has 1 amide bonds. The molecule has 1 aromatic carbocycles. The van der Waals surface area contributed by atoms with Crippen LogP contribution >= 0.6 is 15.9 Å². The van der Waals surface area contributed by atoms with Gasteiger partial charge in [0, 0.05) is 29.2 Å². The molecule has 4 heteroatoms. The smallest absolute Gasteiger partial charge is 0.225 e. The van der Waals surface area contributed by atoms with Gasteiger partial charge in [-0.1, -0.05) is 29.8 Å². The number of nitrogens with one attached hydrogen (secondary N) is 2. The second kappa shape index (κ2) is 6.77. The van der Waals surface area contributed by atoms with Gasteiger partial charge in [0.2, 0.25) is 5.91 Å². The van der Waals surface area contributed by atoms with E-state index in [4.69, 9.17) is 0 Å². The van der Waals surface area contributed by atoms with Gasteiger partial charge in [-0.3, -0.25) is 4.79 Å². The number of hydrogen-bond acceptors (Lipinski definition) is 2. The highest BCUT2D eigenvalue weighted by Crippen LogP contribution is 2.19. The summed E-state index contributed by atoms with van der Waals surface area (Å²) in [5.41, 5.74) is 1.96. The van der Waals surface area contributed by atoms with Crippen molar-refractivity contribution >= 4 is 27.5 Å². The number of amides is 1. The molecule has 0 bridgehead atoms. The molecule has 0 aliphatic heterocycles. The minimum absolute atomic E-state index is 0.0376. The van der Waals surface area contributed by atoms with Crippen molar-refractivity contribution in [2.75, 3.05) is 11.9 Å². The van der Waals surface area contributed by atoms with E-state index in [0.717, 1.165) is 15.7 Å². The van der Waals surface area contributed by atoms with Crippen LogP contribution in [0.2, 0.25) is 0 Å². The van der Waals surface area contributed by atoms with Crippen molar-refractivity contribution in [2.24, 2.45) is 0 Å². The van der Waals surface area contributed by atoms with Gasteiger partial charge in [-0.2, -0.15) is 0 Å². The molecule has 1 rings (SSSR count). The molecule has 0 fully saturated rings. The zero-order valence-corrected chi connectivity index (χ0v) is 12.1. The Kier molecular flexibility index (Phi) is 5.65. The predicted molar refractivity (Wildman–Crippen MR) is 75.3 cm³/mol. The number of carbonyl (C=O) groups excluding carboxylic acids is 1. The number of rotatable bonds is 5. The van der Waals surface area contributed by atoms with E-state index in [0.29, 0.717) is 19.0 Å². The summed E-state index contributed by atoms with van der Waals surface area (Å²) in [4.78, 5) is 11.7. The van der Waals surface area contributed by atoms with Crippen LogP contribution in [0, 0.1) is 6.92 Å². The van der Waals surface area contributed by atoms with Crippen LogP contribution in [0.25, 0.3) is 0 Å². The first-order valence-corrected chi connectivity index (χ1v) is 6.57. The summed E-state index contributed by atoms with van der Waals surface area (Å²) >= 11 is 3.41. The first-order chi connectivity index (χ1) is 7.97. The van der Waals surface area contributed by atoms with Gasteiger partial charge in [0.25, 0.3) is 0 Å². The summed E-state index contributed by atoms with van der Waals surface area (Å²) < 4.78 is 0.980. The normalized spacial score (nSPS) is 10.6. The number of aryl methyl sites for hydroxylation is 1. The van der Waals surface area contributed by atoms with Crippen molar-refractivity contribution in [3.8, 4) is 0 Å². The van der Waals surface area contributed by atoms with Crippen molar-refractivity contribution in [1.29, 1.82) is 0 Å². The van der Waals surface area contributed by atoms with Gasteiger partial charge in [-0.25, -0.2) is 0 Å². The van der Waals surface area contributed by atoms with Crippen molar-refractivity contribution in [1.82, 2.24) is 5.32 Å². The first-order valence-electron chi connectivity index (χ1n) is 5.78. The molecule has 0 radical (unpaired) electrons. The van der Waals surface area contributed by atoms with E-state index in [1.165, 1.54) is 0 Å². The van der Waals surface area contributed by atoms with Crippen molar-refractivity contribution in [3.63, 3.8) is 0 Å². The van der Waals surface area contributed by atoms with Gasteiger partial charge in [0.15, 0.2) is 0 Å². The minimum atomic E-state index is 0.0376. The highest BCUT2D eigenvalue weighted by molar-refractivity contribution is 9.10. The highest BCUT2D eigenvalue weighted by Gasteiger charge is 2.03. The minimum Gasteiger partial charge on any atom is -0.326 e. The number of anilines is 1. The van der Waals surface area contributed by atoms with Crippen molar-refractivity contribution < 1.29 is 4.79 Å². The van der Waals surface area contributed by atoms with Gasteiger partial charge < -0.3 is 10.6 Å². The molecule has 0 spiro atoms. The van der Waals surface area contributed by atoms with Gasteiger partial charge in [-0.05, 0) is 30.7 Å². The summed E-state index contributed by atoms with van der Waals surface area (Å²) in [6.07, 6.45) is 0.490. The van der Waals surface area contributed by atoms with Crippen molar-refractivity contribution in [2.45, 2.75) is 33.2 Å². The third kappa shape index (κ3) is 5.84. The van der Waals surface area contributed by atoms with Crippen LogP contribution in [-0.2, 0) is 4.79 Å². The predicted octanol–water partition coefficient (Wildman–Crippen LogP) is 3.08. The SMILES string of the molecule is Cc1cc(Br)cc(NC(=O)CCNC(C)C)c1. The van der Waals surface area contributed by atoms with E-state index >= 15 is 0 Å². The molecule has 0 aromatic heterocycles. The zero-order valence-electron chi connectivity index (χ0n) is 10.5. The fourth-order valence-electron chi connectivity index (χ4n) is 1.51. The molecule has 94 valence electrons. The Balaban J connectivity index is 2.45. The Bertz CT molecular complexity index is 371. The van der Waals surface area contributed by atoms with Crippen LogP contribution in [0.4, 0.5) is 5.69 Å². The maximum absolute atomic E-state index is 11.7. The third-order valence-corrected chi connectivity index (χ3v) is 2.69. The van der Waals surface area contributed by atoms with E-state index < -0.39 is 0 Å². The lowest BCUT2D eigenvalue weighted by Crippen LogP contribution is -2.27. The highest BCUT2D eigenvalue weighted by atomic mass is 79.9. The van der Waals surface area contributed by atoms with Crippen LogP contribution in [0.5, 0.6) is 0 Å². The molecule has 0 saturated carbocycles. The lowest BCUT2D eigenvalue weighted by atomic mass is 10.2. The van der Waals surface area contributed by atoms with E-state index in [-0.39, 0.29) is 5.91 Å². The molecule has 3 nitrogen and oxygen atoms in total. The molecular formula is C13H19BrN2O. The van der Waals surface area contributed by atoms with Gasteiger partial charge in [0.05, 0.1) is 0 Å². The third-order valence-electron chi connectivity index (χ3n) is 2.23. The molecule has 0 saturated heterocycles. The summed E-state index contributed by atoms with van der Waals surface area (Å²) in [6, 6.07) is 6.28. The topological polar surface area (TPSA) is 41.1 Å². The maximum atomic E-state index is 11.7. The molecule has 17 heavy (non-hydrogen) atoms. The fourth-order valence-corrected chi connectivity index (χ4v) is 2.11. The Morgan fingerprint density at radius 3 is 2.65 bits per heavy atom. The van der Waals surface area contributed by atoms with Crippen LogP contribution in [0.15, 0.2) is 22.7 Å².